The van der Waals surface area contributed by atoms with Gasteiger partial charge in [0.25, 0.3) is 5.69 Å². The number of anilines is 1. The molecule has 0 amide bonds. The van der Waals surface area contributed by atoms with Gasteiger partial charge in [-0.05, 0) is 55.3 Å². The van der Waals surface area contributed by atoms with Crippen molar-refractivity contribution in [1.29, 1.82) is 5.26 Å². The fraction of sp³-hybridized carbons (Fsp3) is 0.211. The summed E-state index contributed by atoms with van der Waals surface area (Å²) in [6.07, 6.45) is 1.78. The van der Waals surface area contributed by atoms with Crippen LogP contribution in [0.15, 0.2) is 48.5 Å². The van der Waals surface area contributed by atoms with Gasteiger partial charge >= 0.3 is 0 Å². The molecule has 0 N–H and O–H groups in total. The Hall–Kier alpha value is -3.13. The lowest BCUT2D eigenvalue weighted by Crippen LogP contribution is -2.21. The summed E-state index contributed by atoms with van der Waals surface area (Å²) in [4.78, 5) is 12.5. The van der Waals surface area contributed by atoms with Crippen LogP contribution < -0.4 is 4.90 Å². The van der Waals surface area contributed by atoms with Crippen LogP contribution >= 0.6 is 0 Å². The number of allylic oxidation sites excluding steroid dienone is 1. The van der Waals surface area contributed by atoms with Crippen LogP contribution in [0.2, 0.25) is 0 Å². The third-order valence-corrected chi connectivity index (χ3v) is 3.84. The van der Waals surface area contributed by atoms with E-state index in [-0.39, 0.29) is 5.69 Å². The van der Waals surface area contributed by atoms with Crippen molar-refractivity contribution in [1.82, 2.24) is 0 Å². The molecule has 0 heterocycles. The van der Waals surface area contributed by atoms with Crippen molar-refractivity contribution in [2.75, 3.05) is 18.0 Å². The summed E-state index contributed by atoms with van der Waals surface area (Å²) in [5.74, 6) is 0. The molecule has 0 spiro atoms. The zero-order valence-corrected chi connectivity index (χ0v) is 13.8. The summed E-state index contributed by atoms with van der Waals surface area (Å²) in [5.41, 5.74) is 3.21. The average molecular weight is 321 g/mol. The Morgan fingerprint density at radius 3 is 2.17 bits per heavy atom. The van der Waals surface area contributed by atoms with Gasteiger partial charge in [0, 0.05) is 30.9 Å². The van der Waals surface area contributed by atoms with E-state index in [2.05, 4.69) is 24.8 Å². The van der Waals surface area contributed by atoms with E-state index in [0.717, 1.165) is 24.3 Å². The van der Waals surface area contributed by atoms with Crippen molar-refractivity contribution in [2.24, 2.45) is 0 Å². The van der Waals surface area contributed by atoms with E-state index in [1.54, 1.807) is 18.2 Å². The first-order chi connectivity index (χ1) is 11.6. The van der Waals surface area contributed by atoms with Crippen LogP contribution in [0.1, 0.15) is 25.0 Å². The molecule has 2 rings (SSSR count). The van der Waals surface area contributed by atoms with Gasteiger partial charge in [0.1, 0.15) is 0 Å². The summed E-state index contributed by atoms with van der Waals surface area (Å²) >= 11 is 0. The Balaban J connectivity index is 2.27. The second kappa shape index (κ2) is 7.93. The molecule has 0 radical (unpaired) electrons. The molecule has 0 bridgehead atoms. The molecule has 0 aliphatic rings. The molecule has 5 heteroatoms. The van der Waals surface area contributed by atoms with E-state index in [1.165, 1.54) is 12.1 Å². The molecule has 0 aliphatic carbocycles. The third kappa shape index (κ3) is 3.99. The molecule has 0 saturated carbocycles. The summed E-state index contributed by atoms with van der Waals surface area (Å²) in [7, 11) is 0. The highest BCUT2D eigenvalue weighted by Crippen LogP contribution is 2.22. The quantitative estimate of drug-likeness (QED) is 0.340. The largest absolute Gasteiger partial charge is 0.372 e. The highest BCUT2D eigenvalue weighted by atomic mass is 16.6. The van der Waals surface area contributed by atoms with E-state index in [0.29, 0.717) is 11.1 Å². The lowest BCUT2D eigenvalue weighted by atomic mass is 10.0. The second-order valence-electron chi connectivity index (χ2n) is 5.24. The maximum absolute atomic E-state index is 10.7. The predicted octanol–water partition coefficient (Wildman–Crippen LogP) is 4.51. The van der Waals surface area contributed by atoms with Crippen LogP contribution in [0.5, 0.6) is 0 Å². The minimum absolute atomic E-state index is 0.0135. The Kier molecular flexibility index (Phi) is 5.69. The lowest BCUT2D eigenvalue weighted by molar-refractivity contribution is -0.384. The molecule has 2 aromatic rings. The normalized spacial score (nSPS) is 11.0. The highest BCUT2D eigenvalue weighted by molar-refractivity contribution is 5.89. The van der Waals surface area contributed by atoms with Gasteiger partial charge in [-0.2, -0.15) is 5.26 Å². The molecule has 0 saturated heterocycles. The molecule has 0 aliphatic heterocycles. The fourth-order valence-electron chi connectivity index (χ4n) is 2.48. The van der Waals surface area contributed by atoms with Gasteiger partial charge in [0.05, 0.1) is 16.6 Å². The van der Waals surface area contributed by atoms with Crippen LogP contribution in [0.4, 0.5) is 11.4 Å². The van der Waals surface area contributed by atoms with Crippen LogP contribution in [-0.4, -0.2) is 18.0 Å². The standard InChI is InChI=1S/C19H19N3O2/c1-3-21(4-2)18-9-5-15(6-10-18)13-17(14-20)16-7-11-19(12-8-16)22(23)24/h5-13H,3-4H2,1-2H3. The molecule has 0 aromatic heterocycles. The van der Waals surface area contributed by atoms with E-state index in [4.69, 9.17) is 0 Å². The smallest absolute Gasteiger partial charge is 0.269 e. The van der Waals surface area contributed by atoms with E-state index in [9.17, 15) is 15.4 Å². The Labute approximate surface area is 141 Å². The summed E-state index contributed by atoms with van der Waals surface area (Å²) in [5, 5.41) is 20.1. The monoisotopic (exact) mass is 321 g/mol. The van der Waals surface area contributed by atoms with Crippen LogP contribution in [-0.2, 0) is 0 Å². The minimum Gasteiger partial charge on any atom is -0.372 e. The van der Waals surface area contributed by atoms with Crippen LogP contribution in [0, 0.1) is 21.4 Å². The van der Waals surface area contributed by atoms with Crippen molar-refractivity contribution in [3.05, 3.63) is 69.8 Å². The number of benzene rings is 2. The number of nitrogens with zero attached hydrogens (tertiary/aromatic N) is 3. The van der Waals surface area contributed by atoms with Crippen molar-refractivity contribution in [2.45, 2.75) is 13.8 Å². The second-order valence-corrected chi connectivity index (χ2v) is 5.24. The number of rotatable bonds is 6. The van der Waals surface area contributed by atoms with Crippen molar-refractivity contribution in [3.8, 4) is 6.07 Å². The van der Waals surface area contributed by atoms with Gasteiger partial charge in [-0.15, -0.1) is 0 Å². The Morgan fingerprint density at radius 2 is 1.71 bits per heavy atom. The summed E-state index contributed by atoms with van der Waals surface area (Å²) < 4.78 is 0. The summed E-state index contributed by atoms with van der Waals surface area (Å²) in [6, 6.07) is 16.2. The lowest BCUT2D eigenvalue weighted by Gasteiger charge is -2.20. The van der Waals surface area contributed by atoms with Crippen molar-refractivity contribution in [3.63, 3.8) is 0 Å². The molecule has 0 unspecified atom stereocenters. The first-order valence-corrected chi connectivity index (χ1v) is 7.80. The highest BCUT2D eigenvalue weighted by Gasteiger charge is 2.07. The first kappa shape index (κ1) is 17.2. The summed E-state index contributed by atoms with van der Waals surface area (Å²) in [6.45, 7) is 6.11. The maximum atomic E-state index is 10.7. The van der Waals surface area contributed by atoms with E-state index >= 15 is 0 Å². The fourth-order valence-corrected chi connectivity index (χ4v) is 2.48. The van der Waals surface area contributed by atoms with E-state index < -0.39 is 4.92 Å². The number of nitro groups is 1. The maximum Gasteiger partial charge on any atom is 0.269 e. The molecular weight excluding hydrogens is 302 g/mol. The molecule has 5 nitrogen and oxygen atoms in total. The van der Waals surface area contributed by atoms with Gasteiger partial charge in [-0.1, -0.05) is 12.1 Å². The van der Waals surface area contributed by atoms with Crippen LogP contribution in [0.25, 0.3) is 11.6 Å². The minimum atomic E-state index is -0.453. The zero-order chi connectivity index (χ0) is 17.5. The van der Waals surface area contributed by atoms with Gasteiger partial charge < -0.3 is 4.90 Å². The van der Waals surface area contributed by atoms with Gasteiger partial charge in [-0.25, -0.2) is 0 Å². The number of hydrogen-bond donors (Lipinski definition) is 0. The van der Waals surface area contributed by atoms with Crippen molar-refractivity contribution >= 4 is 23.0 Å². The predicted molar refractivity (Wildman–Crippen MR) is 96.6 cm³/mol. The Bertz CT molecular complexity index is 768. The Morgan fingerprint density at radius 1 is 1.12 bits per heavy atom. The number of non-ortho nitro benzene ring substituents is 1. The van der Waals surface area contributed by atoms with Gasteiger partial charge in [0.2, 0.25) is 0 Å². The number of nitro benzene ring substituents is 1. The average Bonchev–Trinajstić information content (AvgIpc) is 2.62. The molecule has 122 valence electrons. The zero-order valence-electron chi connectivity index (χ0n) is 13.8. The molecule has 24 heavy (non-hydrogen) atoms. The van der Waals surface area contributed by atoms with E-state index in [1.807, 2.05) is 24.3 Å². The SMILES string of the molecule is CCN(CC)c1ccc(C=C(C#N)c2ccc([N+](=O)[O-])cc2)cc1. The third-order valence-electron chi connectivity index (χ3n) is 3.84. The van der Waals surface area contributed by atoms with Crippen LogP contribution in [0.3, 0.4) is 0 Å². The first-order valence-electron chi connectivity index (χ1n) is 7.80. The van der Waals surface area contributed by atoms with Gasteiger partial charge in [-0.3, -0.25) is 10.1 Å². The van der Waals surface area contributed by atoms with Crippen molar-refractivity contribution < 1.29 is 4.92 Å². The topological polar surface area (TPSA) is 70.2 Å². The number of nitriles is 1. The number of hydrogen-bond acceptors (Lipinski definition) is 4. The molecule has 0 fully saturated rings. The molecule has 0 atom stereocenters. The molecular formula is C19H19N3O2. The van der Waals surface area contributed by atoms with Gasteiger partial charge in [0.15, 0.2) is 0 Å². The molecule has 2 aromatic carbocycles.